The lowest BCUT2D eigenvalue weighted by molar-refractivity contribution is -0.723. The number of benzene rings is 1. The highest BCUT2D eigenvalue weighted by molar-refractivity contribution is 8.00. The number of non-ortho nitro benzene ring substituents is 1. The summed E-state index contributed by atoms with van der Waals surface area (Å²) in [4.78, 5) is 25.7. The van der Waals surface area contributed by atoms with E-state index in [1.54, 1.807) is 11.5 Å². The molecule has 1 unspecified atom stereocenters. The van der Waals surface area contributed by atoms with Gasteiger partial charge in [0.25, 0.3) is 5.69 Å². The van der Waals surface area contributed by atoms with Gasteiger partial charge < -0.3 is 10.4 Å². The van der Waals surface area contributed by atoms with Crippen LogP contribution in [0.1, 0.15) is 0 Å². The largest absolute Gasteiger partial charge is 0.861 e. The van der Waals surface area contributed by atoms with Crippen LogP contribution < -0.4 is 21.3 Å². The van der Waals surface area contributed by atoms with Crippen LogP contribution in [0.3, 0.4) is 0 Å². The van der Waals surface area contributed by atoms with Crippen molar-refractivity contribution in [1.29, 1.82) is 0 Å². The molecule has 0 saturated carbocycles. The zero-order valence-electron chi connectivity index (χ0n) is 10.8. The van der Waals surface area contributed by atoms with Gasteiger partial charge in [0.05, 0.1) is 17.2 Å². The lowest BCUT2D eigenvalue weighted by Gasteiger charge is -2.21. The van der Waals surface area contributed by atoms with Gasteiger partial charge in [0.15, 0.2) is 0 Å². The number of anilines is 1. The third kappa shape index (κ3) is 4.70. The summed E-state index contributed by atoms with van der Waals surface area (Å²) >= 11 is 1.19. The quantitative estimate of drug-likeness (QED) is 0.340. The van der Waals surface area contributed by atoms with Crippen molar-refractivity contribution in [3.8, 4) is 0 Å². The van der Waals surface area contributed by atoms with Gasteiger partial charge in [-0.05, 0) is 12.0 Å². The van der Waals surface area contributed by atoms with Crippen molar-refractivity contribution < 1.29 is 20.3 Å². The zero-order valence-corrected chi connectivity index (χ0v) is 11.6. The van der Waals surface area contributed by atoms with Crippen molar-refractivity contribution in [1.82, 2.24) is 5.43 Å². The molecular formula is C11H13N5O4S. The average Bonchev–Trinajstić information content (AvgIpc) is 2.45. The van der Waals surface area contributed by atoms with Gasteiger partial charge >= 0.3 is 0 Å². The van der Waals surface area contributed by atoms with Gasteiger partial charge in [0.2, 0.25) is 11.4 Å². The second-order valence-corrected chi connectivity index (χ2v) is 5.23. The summed E-state index contributed by atoms with van der Waals surface area (Å²) in [6.45, 7) is 0.178. The number of nitrogens with zero attached hydrogens (tertiary/aromatic N) is 2. The second kappa shape index (κ2) is 7.02. The number of quaternary nitrogens is 1. The van der Waals surface area contributed by atoms with Gasteiger partial charge in [-0.3, -0.25) is 14.9 Å². The fourth-order valence-corrected chi connectivity index (χ4v) is 2.39. The maximum atomic E-state index is 11.8. The van der Waals surface area contributed by atoms with E-state index in [0.29, 0.717) is 5.69 Å². The van der Waals surface area contributed by atoms with Crippen LogP contribution in [0.25, 0.3) is 0 Å². The van der Waals surface area contributed by atoms with Gasteiger partial charge in [-0.15, -0.1) is 0 Å². The molecule has 0 radical (unpaired) electrons. The van der Waals surface area contributed by atoms with E-state index >= 15 is 0 Å². The molecule has 1 amide bonds. The predicted octanol–water partition coefficient (Wildman–Crippen LogP) is -1.61. The Balaban J connectivity index is 1.86. The Morgan fingerprint density at radius 1 is 1.62 bits per heavy atom. The Morgan fingerprint density at radius 3 is 3.14 bits per heavy atom. The van der Waals surface area contributed by atoms with Crippen LogP contribution in [0, 0.1) is 10.1 Å². The average molecular weight is 311 g/mol. The summed E-state index contributed by atoms with van der Waals surface area (Å²) in [7, 11) is 0. The number of nitrogens with one attached hydrogen (secondary N) is 2. The fraction of sp³-hybridized carbons (Fsp3) is 0.273. The number of nitro benzene ring substituents is 1. The van der Waals surface area contributed by atoms with Gasteiger partial charge in [-0.2, -0.15) is 5.43 Å². The van der Waals surface area contributed by atoms with Gasteiger partial charge in [0.1, 0.15) is 0 Å². The molecule has 0 aliphatic carbocycles. The van der Waals surface area contributed by atoms with E-state index in [-0.39, 0.29) is 29.8 Å². The molecule has 0 fully saturated rings. The van der Waals surface area contributed by atoms with E-state index in [4.69, 9.17) is 0 Å². The fourth-order valence-electron chi connectivity index (χ4n) is 1.61. The number of nitrogens with two attached hydrogens (primary N) is 1. The van der Waals surface area contributed by atoms with E-state index in [1.807, 2.05) is 0 Å². The van der Waals surface area contributed by atoms with Crippen molar-refractivity contribution in [3.05, 3.63) is 34.4 Å². The smallest absolute Gasteiger partial charge is 0.271 e. The number of carbonyl (C=O) groups excluding carboxylic acids is 1. The summed E-state index contributed by atoms with van der Waals surface area (Å²) in [5, 5.41) is 24.3. The molecule has 0 bridgehead atoms. The molecule has 1 aliphatic rings. The van der Waals surface area contributed by atoms with Crippen molar-refractivity contribution >= 4 is 34.9 Å². The molecule has 4 N–H and O–H groups in total. The van der Waals surface area contributed by atoms with Crippen LogP contribution in [0.4, 0.5) is 11.4 Å². The van der Waals surface area contributed by atoms with Crippen molar-refractivity contribution in [2.24, 2.45) is 4.99 Å². The monoisotopic (exact) mass is 311 g/mol. The van der Waals surface area contributed by atoms with Crippen LogP contribution in [0.2, 0.25) is 0 Å². The highest BCUT2D eigenvalue weighted by Crippen LogP contribution is 2.17. The molecule has 1 heterocycles. The molecule has 112 valence electrons. The molecule has 1 aromatic rings. The normalized spacial score (nSPS) is 17.9. The molecule has 9 nitrogen and oxygen atoms in total. The molecule has 2 rings (SSSR count). The van der Waals surface area contributed by atoms with Crippen LogP contribution in [0.15, 0.2) is 29.3 Å². The SMILES string of the molecule is O=C(CSC1N=C([O-])CN[NH2+]1)Nc1cccc([N+](=O)[O-])c1. The molecule has 1 aromatic carbocycles. The van der Waals surface area contributed by atoms with Crippen LogP contribution in [0.5, 0.6) is 0 Å². The Morgan fingerprint density at radius 2 is 2.43 bits per heavy atom. The minimum Gasteiger partial charge on any atom is -0.861 e. The molecule has 0 spiro atoms. The van der Waals surface area contributed by atoms with Crippen molar-refractivity contribution in [3.63, 3.8) is 0 Å². The highest BCUT2D eigenvalue weighted by Gasteiger charge is 2.16. The number of nitro groups is 1. The maximum absolute atomic E-state index is 11.8. The summed E-state index contributed by atoms with van der Waals surface area (Å²) in [5.41, 5.74) is 4.29. The number of carbonyl (C=O) groups is 1. The molecule has 0 saturated heterocycles. The van der Waals surface area contributed by atoms with Gasteiger partial charge in [-0.1, -0.05) is 17.8 Å². The number of hydrogen-bond acceptors (Lipinski definition) is 7. The minimum atomic E-state index is -0.530. The lowest BCUT2D eigenvalue weighted by Crippen LogP contribution is -2.99. The standard InChI is InChI=1S/C11H13N5O4S/c17-9-5-12-15-11(14-9)21-6-10(18)13-7-2-1-3-8(4-7)16(19)20/h1-4,11-12,15H,5-6H2,(H,13,18)(H,14,17). The van der Waals surface area contributed by atoms with Crippen LogP contribution in [-0.2, 0) is 4.79 Å². The first-order valence-electron chi connectivity index (χ1n) is 6.01. The Labute approximate surface area is 123 Å². The number of rotatable bonds is 5. The van der Waals surface area contributed by atoms with E-state index < -0.39 is 10.4 Å². The summed E-state index contributed by atoms with van der Waals surface area (Å²) in [6, 6.07) is 5.69. The Kier molecular flexibility index (Phi) is 5.09. The second-order valence-electron chi connectivity index (χ2n) is 4.13. The molecule has 1 aliphatic heterocycles. The number of hydrogen-bond donors (Lipinski definition) is 3. The maximum Gasteiger partial charge on any atom is 0.271 e. The molecule has 21 heavy (non-hydrogen) atoms. The number of amides is 1. The zero-order chi connectivity index (χ0) is 15.2. The first-order chi connectivity index (χ1) is 10.0. The molecule has 0 aromatic heterocycles. The predicted molar refractivity (Wildman–Crippen MR) is 75.3 cm³/mol. The summed E-state index contributed by atoms with van der Waals surface area (Å²) in [6.07, 6.45) is 0. The number of thioether (sulfide) groups is 1. The number of aliphatic imine (C=N–C) groups is 1. The first-order valence-corrected chi connectivity index (χ1v) is 7.06. The lowest BCUT2D eigenvalue weighted by atomic mass is 10.3. The molecule has 10 heteroatoms. The van der Waals surface area contributed by atoms with E-state index in [1.165, 1.54) is 30.0 Å². The summed E-state index contributed by atoms with van der Waals surface area (Å²) < 4.78 is 0. The van der Waals surface area contributed by atoms with Crippen LogP contribution in [-0.4, -0.2) is 34.5 Å². The van der Waals surface area contributed by atoms with Gasteiger partial charge in [-0.25, -0.2) is 10.4 Å². The van der Waals surface area contributed by atoms with Crippen LogP contribution >= 0.6 is 11.8 Å². The molecule has 1 atom stereocenters. The third-order valence-electron chi connectivity index (χ3n) is 2.51. The summed E-state index contributed by atoms with van der Waals surface area (Å²) in [5.74, 6) is -0.487. The Hall–Kier alpha value is -2.17. The van der Waals surface area contributed by atoms with Crippen molar-refractivity contribution in [2.45, 2.75) is 5.50 Å². The minimum absolute atomic E-state index is 0.0856. The molecular weight excluding hydrogens is 298 g/mol. The Bertz CT molecular complexity index is 579. The van der Waals surface area contributed by atoms with E-state index in [9.17, 15) is 20.0 Å². The first kappa shape index (κ1) is 15.2. The van der Waals surface area contributed by atoms with E-state index in [0.717, 1.165) is 0 Å². The van der Waals surface area contributed by atoms with Crippen molar-refractivity contribution in [2.75, 3.05) is 17.6 Å². The topological polar surface area (TPSA) is 136 Å². The highest BCUT2D eigenvalue weighted by atomic mass is 32.2. The third-order valence-corrected chi connectivity index (χ3v) is 3.52. The van der Waals surface area contributed by atoms with E-state index in [2.05, 4.69) is 15.7 Å². The van der Waals surface area contributed by atoms with Gasteiger partial charge in [0, 0.05) is 17.8 Å².